The van der Waals surface area contributed by atoms with E-state index in [1.165, 1.54) is 19.1 Å². The minimum absolute atomic E-state index is 0.00839. The van der Waals surface area contributed by atoms with Crippen molar-refractivity contribution in [2.24, 2.45) is 0 Å². The predicted molar refractivity (Wildman–Crippen MR) is 144 cm³/mol. The number of hydrogen-bond acceptors (Lipinski definition) is 6. The van der Waals surface area contributed by atoms with Crippen LogP contribution in [0.25, 0.3) is 11.1 Å². The van der Waals surface area contributed by atoms with Gasteiger partial charge >= 0.3 is 0 Å². The molecule has 39 heavy (non-hydrogen) atoms. The molecule has 1 fully saturated rings. The first kappa shape index (κ1) is 28.9. The molecule has 9 heteroatoms. The molecule has 1 saturated heterocycles. The summed E-state index contributed by atoms with van der Waals surface area (Å²) in [5, 5.41) is 0. The van der Waals surface area contributed by atoms with Crippen molar-refractivity contribution in [1.82, 2.24) is 9.88 Å². The van der Waals surface area contributed by atoms with E-state index in [0.717, 1.165) is 5.56 Å². The third-order valence-corrected chi connectivity index (χ3v) is 7.22. The van der Waals surface area contributed by atoms with E-state index in [0.29, 0.717) is 54.0 Å². The number of nitrogens with zero attached hydrogens (tertiary/aromatic N) is 2. The molecule has 0 spiro atoms. The lowest BCUT2D eigenvalue weighted by Crippen LogP contribution is -2.44. The van der Waals surface area contributed by atoms with Gasteiger partial charge in [-0.25, -0.2) is 18.2 Å². The van der Waals surface area contributed by atoms with E-state index in [9.17, 15) is 18.0 Å². The molecule has 0 N–H and O–H groups in total. The average molecular weight is 547 g/mol. The van der Waals surface area contributed by atoms with Crippen LogP contribution in [0.5, 0.6) is 11.5 Å². The molecule has 6 nitrogen and oxygen atoms in total. The maximum atomic E-state index is 13.9. The first-order valence-electron chi connectivity index (χ1n) is 13.6. The van der Waals surface area contributed by atoms with Gasteiger partial charge in [0, 0.05) is 18.9 Å². The third-order valence-electron chi connectivity index (χ3n) is 7.22. The van der Waals surface area contributed by atoms with Crippen LogP contribution in [-0.2, 0) is 0 Å². The molecule has 2 aromatic carbocycles. The van der Waals surface area contributed by atoms with Gasteiger partial charge < -0.3 is 13.9 Å². The lowest BCUT2D eigenvalue weighted by molar-refractivity contribution is -0.0657. The van der Waals surface area contributed by atoms with Gasteiger partial charge in [-0.05, 0) is 62.4 Å². The highest BCUT2D eigenvalue weighted by atomic mass is 19.3. The maximum absolute atomic E-state index is 13.9. The Morgan fingerprint density at radius 1 is 1.13 bits per heavy atom. The van der Waals surface area contributed by atoms with Gasteiger partial charge in [-0.2, -0.15) is 0 Å². The Bertz CT molecular complexity index is 1300. The molecule has 212 valence electrons. The highest BCUT2D eigenvalue weighted by Crippen LogP contribution is 2.43. The average Bonchev–Trinajstić information content (AvgIpc) is 3.32. The quantitative estimate of drug-likeness (QED) is 0.236. The smallest absolute Gasteiger partial charge is 0.260 e. The SMILES string of the molecule is CC(=O)c1c(OCCN2CCCC(F)(F)C2)c(OCCC(C)c2ccc(F)cc2)c2oc(C(C)C)nc2c1C. The first-order chi connectivity index (χ1) is 18.5. The number of likely N-dealkylation sites (tertiary alicyclic amines) is 1. The summed E-state index contributed by atoms with van der Waals surface area (Å²) in [5.74, 6) is -2.07. The highest BCUT2D eigenvalue weighted by Gasteiger charge is 2.35. The van der Waals surface area contributed by atoms with Crippen molar-refractivity contribution in [2.75, 3.05) is 32.8 Å². The number of carbonyl (C=O) groups is 1. The van der Waals surface area contributed by atoms with Crippen molar-refractivity contribution in [2.45, 2.75) is 71.6 Å². The van der Waals surface area contributed by atoms with E-state index in [1.54, 1.807) is 24.0 Å². The van der Waals surface area contributed by atoms with E-state index < -0.39 is 5.92 Å². The molecule has 0 saturated carbocycles. The lowest BCUT2D eigenvalue weighted by atomic mass is 9.98. The van der Waals surface area contributed by atoms with Crippen LogP contribution in [0.15, 0.2) is 28.7 Å². The van der Waals surface area contributed by atoms with Gasteiger partial charge in [-0.1, -0.05) is 32.9 Å². The second kappa shape index (κ2) is 12.0. The number of oxazole rings is 1. The summed E-state index contributed by atoms with van der Waals surface area (Å²) in [7, 11) is 0. The number of ether oxygens (including phenoxy) is 2. The molecule has 0 radical (unpaired) electrons. The van der Waals surface area contributed by atoms with E-state index in [-0.39, 0.29) is 61.1 Å². The zero-order chi connectivity index (χ0) is 28.3. The normalized spacial score (nSPS) is 16.5. The fourth-order valence-corrected chi connectivity index (χ4v) is 5.00. The van der Waals surface area contributed by atoms with Gasteiger partial charge in [-0.15, -0.1) is 0 Å². The summed E-state index contributed by atoms with van der Waals surface area (Å²) in [6.07, 6.45) is 0.935. The number of piperidine rings is 1. The molecule has 4 rings (SSSR count). The number of ketones is 1. The molecule has 0 aliphatic carbocycles. The number of Topliss-reactive ketones (excluding diaryl/α,β-unsaturated/α-hetero) is 1. The van der Waals surface area contributed by atoms with E-state index in [2.05, 4.69) is 4.98 Å². The number of halogens is 3. The number of alkyl halides is 2. The zero-order valence-corrected chi connectivity index (χ0v) is 23.3. The fourth-order valence-electron chi connectivity index (χ4n) is 5.00. The summed E-state index contributed by atoms with van der Waals surface area (Å²) < 4.78 is 59.7. The zero-order valence-electron chi connectivity index (χ0n) is 23.3. The second-order valence-corrected chi connectivity index (χ2v) is 10.8. The molecule has 0 bridgehead atoms. The fraction of sp³-hybridized carbons (Fsp3) is 0.533. The monoisotopic (exact) mass is 546 g/mol. The number of rotatable bonds is 11. The van der Waals surface area contributed by atoms with Crippen LogP contribution in [-0.4, -0.2) is 54.4 Å². The Morgan fingerprint density at radius 2 is 1.82 bits per heavy atom. The van der Waals surface area contributed by atoms with E-state index in [1.807, 2.05) is 20.8 Å². The van der Waals surface area contributed by atoms with Gasteiger partial charge in [0.1, 0.15) is 17.9 Å². The summed E-state index contributed by atoms with van der Waals surface area (Å²) in [4.78, 5) is 19.2. The molecule has 0 amide bonds. The summed E-state index contributed by atoms with van der Waals surface area (Å²) >= 11 is 0. The van der Waals surface area contributed by atoms with Crippen molar-refractivity contribution in [3.05, 3.63) is 52.7 Å². The molecule has 1 aromatic heterocycles. The first-order valence-corrected chi connectivity index (χ1v) is 13.6. The van der Waals surface area contributed by atoms with Gasteiger partial charge in [-0.3, -0.25) is 9.69 Å². The van der Waals surface area contributed by atoms with Gasteiger partial charge in [0.25, 0.3) is 5.92 Å². The van der Waals surface area contributed by atoms with Crippen molar-refractivity contribution >= 4 is 16.9 Å². The Hall–Kier alpha value is -3.07. The molecule has 2 heterocycles. The van der Waals surface area contributed by atoms with Crippen LogP contribution in [0.4, 0.5) is 13.2 Å². The third kappa shape index (κ3) is 6.75. The molecule has 3 aromatic rings. The number of benzene rings is 2. The molecule has 1 aliphatic heterocycles. The van der Waals surface area contributed by atoms with Gasteiger partial charge in [0.2, 0.25) is 11.3 Å². The van der Waals surface area contributed by atoms with Gasteiger partial charge in [0.05, 0.1) is 18.7 Å². The molecular weight excluding hydrogens is 509 g/mol. The number of hydrogen-bond donors (Lipinski definition) is 0. The Labute approximate surface area is 227 Å². The van der Waals surface area contributed by atoms with Crippen LogP contribution in [0, 0.1) is 12.7 Å². The lowest BCUT2D eigenvalue weighted by Gasteiger charge is -2.32. The van der Waals surface area contributed by atoms with Crippen LogP contribution in [0.3, 0.4) is 0 Å². The predicted octanol–water partition coefficient (Wildman–Crippen LogP) is 7.28. The molecule has 1 aliphatic rings. The van der Waals surface area contributed by atoms with Gasteiger partial charge in [0.15, 0.2) is 17.4 Å². The number of carbonyl (C=O) groups excluding carboxylic acids is 1. The summed E-state index contributed by atoms with van der Waals surface area (Å²) in [5.41, 5.74) is 2.88. The van der Waals surface area contributed by atoms with E-state index >= 15 is 0 Å². The maximum Gasteiger partial charge on any atom is 0.260 e. The standard InChI is InChI=1S/C30H37F3N2O4/c1-18(2)29-34-25-20(4)24(21(5)36)26(38-16-14-35-13-6-12-30(32,33)17-35)28(27(25)39-29)37-15-11-19(3)22-7-9-23(31)10-8-22/h7-10,18-19H,6,11-17H2,1-5H3. The van der Waals surface area contributed by atoms with Crippen LogP contribution >= 0.6 is 0 Å². The number of fused-ring (bicyclic) bond motifs is 1. The Kier molecular flexibility index (Phi) is 8.89. The molecule has 1 atom stereocenters. The largest absolute Gasteiger partial charge is 0.487 e. The second-order valence-electron chi connectivity index (χ2n) is 10.8. The highest BCUT2D eigenvalue weighted by molar-refractivity contribution is 6.05. The van der Waals surface area contributed by atoms with E-state index in [4.69, 9.17) is 13.9 Å². The minimum atomic E-state index is -2.71. The minimum Gasteiger partial charge on any atom is -0.487 e. The van der Waals surface area contributed by atoms with Crippen molar-refractivity contribution in [3.63, 3.8) is 0 Å². The van der Waals surface area contributed by atoms with Crippen LogP contribution < -0.4 is 9.47 Å². The molecule has 1 unspecified atom stereocenters. The van der Waals surface area contributed by atoms with Crippen LogP contribution in [0.1, 0.15) is 86.2 Å². The Balaban J connectivity index is 1.63. The van der Waals surface area contributed by atoms with Crippen molar-refractivity contribution in [3.8, 4) is 11.5 Å². The number of aromatic nitrogens is 1. The summed E-state index contributed by atoms with van der Waals surface area (Å²) in [6, 6.07) is 6.37. The van der Waals surface area contributed by atoms with Crippen molar-refractivity contribution < 1.29 is 31.9 Å². The molecular formula is C30H37F3N2O4. The summed E-state index contributed by atoms with van der Waals surface area (Å²) in [6.45, 7) is 10.1. The Morgan fingerprint density at radius 3 is 2.46 bits per heavy atom. The van der Waals surface area contributed by atoms with Crippen LogP contribution in [0.2, 0.25) is 0 Å². The number of aryl methyl sites for hydroxylation is 1. The van der Waals surface area contributed by atoms with Crippen molar-refractivity contribution in [1.29, 1.82) is 0 Å². The topological polar surface area (TPSA) is 64.8 Å².